The van der Waals surface area contributed by atoms with Gasteiger partial charge in [0.05, 0.1) is 10.8 Å². The molecule has 4 heteroatoms. The summed E-state index contributed by atoms with van der Waals surface area (Å²) in [7, 11) is 0. The lowest BCUT2D eigenvalue weighted by Gasteiger charge is -1.97. The molecule has 0 unspecified atom stereocenters. The maximum atomic E-state index is 10.8. The number of thioether (sulfide) groups is 1. The maximum Gasteiger partial charge on any atom is 0.152 e. The van der Waals surface area contributed by atoms with Crippen LogP contribution in [0.3, 0.4) is 0 Å². The van der Waals surface area contributed by atoms with Gasteiger partial charge < -0.3 is 4.74 Å². The monoisotopic (exact) mass is 244 g/mol. The van der Waals surface area contributed by atoms with Gasteiger partial charge in [0.1, 0.15) is 0 Å². The second-order valence-electron chi connectivity index (χ2n) is 2.95. The van der Waals surface area contributed by atoms with Crippen LogP contribution in [-0.4, -0.2) is 25.3 Å². The molecule has 0 aliphatic carbocycles. The molecule has 0 saturated carbocycles. The first-order valence-corrected chi connectivity index (χ1v) is 6.90. The van der Waals surface area contributed by atoms with Crippen molar-refractivity contribution < 1.29 is 9.53 Å². The first kappa shape index (κ1) is 12.7. The topological polar surface area (TPSA) is 26.3 Å². The molecule has 0 atom stereocenters. The van der Waals surface area contributed by atoms with Crippen LogP contribution in [0.4, 0.5) is 0 Å². The molecule has 2 nitrogen and oxygen atoms in total. The van der Waals surface area contributed by atoms with Crippen molar-refractivity contribution in [3.05, 3.63) is 16.5 Å². The van der Waals surface area contributed by atoms with Crippen molar-refractivity contribution in [3.63, 3.8) is 0 Å². The molecule has 1 aromatic rings. The van der Waals surface area contributed by atoms with Crippen molar-refractivity contribution in [2.45, 2.75) is 24.5 Å². The lowest BCUT2D eigenvalue weighted by Crippen LogP contribution is -1.95. The Labute approximate surface area is 99.0 Å². The highest BCUT2D eigenvalue weighted by Gasteiger charge is 2.07. The largest absolute Gasteiger partial charge is 0.381 e. The van der Waals surface area contributed by atoms with Crippen LogP contribution in [0.5, 0.6) is 0 Å². The lowest BCUT2D eigenvalue weighted by atomic mass is 10.3. The Balaban J connectivity index is 2.61. The van der Waals surface area contributed by atoms with Gasteiger partial charge in [0.25, 0.3) is 0 Å². The van der Waals surface area contributed by atoms with Crippen molar-refractivity contribution >= 4 is 29.4 Å². The molecule has 0 aliphatic rings. The van der Waals surface area contributed by atoms with Crippen LogP contribution in [-0.2, 0) is 11.2 Å². The molecular weight excluding hydrogens is 228 g/mol. The van der Waals surface area contributed by atoms with Gasteiger partial charge in [-0.05, 0) is 18.7 Å². The average molecular weight is 244 g/mol. The standard InChI is InChI=1S/C11H16O2S2/c1-3-13-6-5-10-7-9(8-12)11(15-10)14-4-2/h7-8H,3-6H2,1-2H3. The summed E-state index contributed by atoms with van der Waals surface area (Å²) in [5, 5.41) is 0. The Kier molecular flexibility index (Phi) is 5.98. The Hall–Kier alpha value is -0.320. The Morgan fingerprint density at radius 1 is 1.53 bits per heavy atom. The lowest BCUT2D eigenvalue weighted by molar-refractivity contribution is 0.112. The fourth-order valence-electron chi connectivity index (χ4n) is 1.21. The van der Waals surface area contributed by atoms with E-state index in [1.807, 2.05) is 13.0 Å². The number of rotatable bonds is 7. The molecule has 1 heterocycles. The van der Waals surface area contributed by atoms with Crippen LogP contribution in [0.15, 0.2) is 10.3 Å². The van der Waals surface area contributed by atoms with Gasteiger partial charge >= 0.3 is 0 Å². The van der Waals surface area contributed by atoms with E-state index in [0.29, 0.717) is 0 Å². The number of carbonyl (C=O) groups is 1. The average Bonchev–Trinajstić information content (AvgIpc) is 2.62. The van der Waals surface area contributed by atoms with E-state index >= 15 is 0 Å². The molecule has 0 saturated heterocycles. The van der Waals surface area contributed by atoms with Crippen molar-refractivity contribution in [3.8, 4) is 0 Å². The first-order valence-electron chi connectivity index (χ1n) is 5.10. The van der Waals surface area contributed by atoms with Gasteiger partial charge in [-0.2, -0.15) is 0 Å². The predicted molar refractivity (Wildman–Crippen MR) is 66.3 cm³/mol. The summed E-state index contributed by atoms with van der Waals surface area (Å²) in [6.07, 6.45) is 1.85. The fourth-order valence-corrected chi connectivity index (χ4v) is 3.49. The number of hydrogen-bond acceptors (Lipinski definition) is 4. The second-order valence-corrected chi connectivity index (χ2v) is 5.62. The third-order valence-electron chi connectivity index (χ3n) is 1.88. The van der Waals surface area contributed by atoms with Gasteiger partial charge in [-0.25, -0.2) is 0 Å². The van der Waals surface area contributed by atoms with Crippen molar-refractivity contribution in [1.82, 2.24) is 0 Å². The predicted octanol–water partition coefficient (Wildman–Crippen LogP) is 3.25. The van der Waals surface area contributed by atoms with E-state index in [1.165, 1.54) is 4.88 Å². The Bertz CT molecular complexity index is 308. The van der Waals surface area contributed by atoms with Gasteiger partial charge in [-0.3, -0.25) is 4.79 Å². The molecule has 0 amide bonds. The summed E-state index contributed by atoms with van der Waals surface area (Å²) in [5.41, 5.74) is 0.832. The van der Waals surface area contributed by atoms with Crippen LogP contribution in [0.1, 0.15) is 29.1 Å². The van der Waals surface area contributed by atoms with Crippen LogP contribution >= 0.6 is 23.1 Å². The highest BCUT2D eigenvalue weighted by atomic mass is 32.2. The number of ether oxygens (including phenoxy) is 1. The van der Waals surface area contributed by atoms with Gasteiger partial charge in [0.15, 0.2) is 6.29 Å². The molecule has 15 heavy (non-hydrogen) atoms. The Morgan fingerprint density at radius 2 is 2.33 bits per heavy atom. The van der Waals surface area contributed by atoms with Gasteiger partial charge in [0, 0.05) is 23.5 Å². The number of aldehydes is 1. The van der Waals surface area contributed by atoms with Crippen molar-refractivity contribution in [1.29, 1.82) is 0 Å². The molecule has 1 aromatic heterocycles. The normalized spacial score (nSPS) is 10.5. The third-order valence-corrected chi connectivity index (χ3v) is 4.27. The van der Waals surface area contributed by atoms with E-state index in [1.54, 1.807) is 23.1 Å². The highest BCUT2D eigenvalue weighted by molar-refractivity contribution is 8.01. The maximum absolute atomic E-state index is 10.8. The molecular formula is C11H16O2S2. The summed E-state index contributed by atoms with van der Waals surface area (Å²) in [6, 6.07) is 1.98. The SMILES string of the molecule is CCOCCc1cc(C=O)c(SCC)s1. The van der Waals surface area contributed by atoms with E-state index in [4.69, 9.17) is 4.74 Å². The zero-order valence-electron chi connectivity index (χ0n) is 9.12. The zero-order chi connectivity index (χ0) is 11.1. The van der Waals surface area contributed by atoms with Crippen LogP contribution in [0.25, 0.3) is 0 Å². The van der Waals surface area contributed by atoms with Crippen molar-refractivity contribution in [2.75, 3.05) is 19.0 Å². The summed E-state index contributed by atoms with van der Waals surface area (Å²) in [5.74, 6) is 1.01. The summed E-state index contributed by atoms with van der Waals surface area (Å²) in [6.45, 7) is 5.58. The molecule has 0 N–H and O–H groups in total. The molecule has 1 rings (SSSR count). The van der Waals surface area contributed by atoms with E-state index in [-0.39, 0.29) is 0 Å². The van der Waals surface area contributed by atoms with Crippen LogP contribution in [0.2, 0.25) is 0 Å². The molecule has 84 valence electrons. The van der Waals surface area contributed by atoms with Crippen LogP contribution in [0, 0.1) is 0 Å². The number of hydrogen-bond donors (Lipinski definition) is 0. The summed E-state index contributed by atoms with van der Waals surface area (Å²) >= 11 is 3.44. The third kappa shape index (κ3) is 3.97. The van der Waals surface area contributed by atoms with E-state index in [9.17, 15) is 4.79 Å². The van der Waals surface area contributed by atoms with Crippen molar-refractivity contribution in [2.24, 2.45) is 0 Å². The van der Waals surface area contributed by atoms with E-state index < -0.39 is 0 Å². The minimum absolute atomic E-state index is 0.742. The molecule has 0 bridgehead atoms. The fraction of sp³-hybridized carbons (Fsp3) is 0.545. The molecule has 0 aliphatic heterocycles. The first-order chi connectivity index (χ1) is 7.31. The molecule has 0 aromatic carbocycles. The van der Waals surface area contributed by atoms with Gasteiger partial charge in [-0.15, -0.1) is 23.1 Å². The van der Waals surface area contributed by atoms with Gasteiger partial charge in [0.2, 0.25) is 0 Å². The Morgan fingerprint density at radius 3 is 2.93 bits per heavy atom. The second kappa shape index (κ2) is 7.04. The minimum Gasteiger partial charge on any atom is -0.381 e. The van der Waals surface area contributed by atoms with E-state index in [2.05, 4.69) is 6.92 Å². The molecule has 0 fully saturated rings. The minimum atomic E-state index is 0.742. The summed E-state index contributed by atoms with van der Waals surface area (Å²) in [4.78, 5) is 12.0. The number of carbonyl (C=O) groups excluding carboxylic acids is 1. The molecule has 0 radical (unpaired) electrons. The quantitative estimate of drug-likeness (QED) is 0.418. The molecule has 0 spiro atoms. The highest BCUT2D eigenvalue weighted by Crippen LogP contribution is 2.31. The van der Waals surface area contributed by atoms with Gasteiger partial charge in [-0.1, -0.05) is 6.92 Å². The summed E-state index contributed by atoms with van der Waals surface area (Å²) < 4.78 is 6.43. The smallest absolute Gasteiger partial charge is 0.152 e. The zero-order valence-corrected chi connectivity index (χ0v) is 10.7. The van der Waals surface area contributed by atoms with E-state index in [0.717, 1.165) is 41.4 Å². The van der Waals surface area contributed by atoms with Crippen LogP contribution < -0.4 is 0 Å². The number of thiophene rings is 1.